The Morgan fingerprint density at radius 2 is 1.85 bits per heavy atom. The molecule has 0 aromatic carbocycles. The lowest BCUT2D eigenvalue weighted by Gasteiger charge is -2.42. The number of hydrogen-bond acceptors (Lipinski definition) is 5. The van der Waals surface area contributed by atoms with Gasteiger partial charge in [0.25, 0.3) is 0 Å². The molecule has 0 aliphatic carbocycles. The molecule has 148 valence electrons. The molecule has 2 atom stereocenters. The van der Waals surface area contributed by atoms with Crippen LogP contribution in [0.4, 0.5) is 0 Å². The third kappa shape index (κ3) is 4.49. The number of rotatable bonds is 6. The van der Waals surface area contributed by atoms with Gasteiger partial charge in [-0.05, 0) is 51.7 Å². The molecule has 0 aromatic rings. The van der Waals surface area contributed by atoms with E-state index in [1.54, 1.807) is 0 Å². The molecular formula is C21H36N2O3. The average molecular weight is 365 g/mol. The second kappa shape index (κ2) is 9.05. The van der Waals surface area contributed by atoms with Crippen LogP contribution < -0.4 is 0 Å². The third-order valence-corrected chi connectivity index (χ3v) is 5.37. The van der Waals surface area contributed by atoms with E-state index in [1.165, 1.54) is 5.70 Å². The van der Waals surface area contributed by atoms with Gasteiger partial charge in [0.05, 0.1) is 19.3 Å². The minimum atomic E-state index is -0.279. The Morgan fingerprint density at radius 1 is 1.23 bits per heavy atom. The number of carbonyl (C=O) groups excluding carboxylic acids is 1. The Morgan fingerprint density at radius 3 is 2.35 bits per heavy atom. The molecule has 26 heavy (non-hydrogen) atoms. The number of esters is 1. The molecule has 2 rings (SSSR count). The van der Waals surface area contributed by atoms with Gasteiger partial charge < -0.3 is 14.4 Å². The van der Waals surface area contributed by atoms with Crippen molar-refractivity contribution in [3.63, 3.8) is 0 Å². The summed E-state index contributed by atoms with van der Waals surface area (Å²) < 4.78 is 11.1. The number of morpholine rings is 1. The summed E-state index contributed by atoms with van der Waals surface area (Å²) >= 11 is 0. The van der Waals surface area contributed by atoms with Crippen molar-refractivity contribution in [3.05, 3.63) is 23.0 Å². The summed E-state index contributed by atoms with van der Waals surface area (Å²) in [6.45, 7) is 18.9. The lowest BCUT2D eigenvalue weighted by Crippen LogP contribution is -2.47. The summed E-state index contributed by atoms with van der Waals surface area (Å²) in [6, 6.07) is 0.248. The van der Waals surface area contributed by atoms with Gasteiger partial charge in [0.1, 0.15) is 5.92 Å². The first-order chi connectivity index (χ1) is 12.3. The van der Waals surface area contributed by atoms with Crippen LogP contribution in [0.5, 0.6) is 0 Å². The zero-order valence-corrected chi connectivity index (χ0v) is 17.5. The first kappa shape index (κ1) is 21.0. The van der Waals surface area contributed by atoms with Gasteiger partial charge in [-0.15, -0.1) is 0 Å². The van der Waals surface area contributed by atoms with Gasteiger partial charge in [-0.2, -0.15) is 0 Å². The third-order valence-electron chi connectivity index (χ3n) is 5.37. The number of hydrogen-bond donors (Lipinski definition) is 0. The molecule has 0 radical (unpaired) electrons. The van der Waals surface area contributed by atoms with Gasteiger partial charge >= 0.3 is 5.97 Å². The minimum absolute atomic E-state index is 0.104. The van der Waals surface area contributed by atoms with E-state index in [0.717, 1.165) is 44.0 Å². The Labute approximate surface area is 159 Å². The second-order valence-corrected chi connectivity index (χ2v) is 7.88. The molecule has 5 heteroatoms. The highest BCUT2D eigenvalue weighted by Gasteiger charge is 2.37. The van der Waals surface area contributed by atoms with E-state index in [-0.39, 0.29) is 24.0 Å². The maximum absolute atomic E-state index is 12.9. The van der Waals surface area contributed by atoms with E-state index >= 15 is 0 Å². The summed E-state index contributed by atoms with van der Waals surface area (Å²) in [5, 5.41) is 0. The number of likely N-dealkylation sites (N-methyl/N-ethyl adjacent to an activating group) is 1. The predicted octanol–water partition coefficient (Wildman–Crippen LogP) is 3.42. The Hall–Kier alpha value is -1.33. The van der Waals surface area contributed by atoms with Gasteiger partial charge in [-0.3, -0.25) is 9.69 Å². The number of nitrogens with zero attached hydrogens (tertiary/aromatic N) is 2. The Bertz CT molecular complexity index is 560. The molecule has 0 spiro atoms. The van der Waals surface area contributed by atoms with Crippen molar-refractivity contribution in [1.29, 1.82) is 0 Å². The lowest BCUT2D eigenvalue weighted by molar-refractivity contribution is -0.150. The monoisotopic (exact) mass is 364 g/mol. The first-order valence-corrected chi connectivity index (χ1v) is 9.99. The quantitative estimate of drug-likeness (QED) is 0.676. The van der Waals surface area contributed by atoms with Gasteiger partial charge in [0.2, 0.25) is 0 Å². The molecule has 2 heterocycles. The fourth-order valence-electron chi connectivity index (χ4n) is 4.01. The Kier molecular flexibility index (Phi) is 7.30. The van der Waals surface area contributed by atoms with E-state index in [2.05, 4.69) is 50.6 Å². The van der Waals surface area contributed by atoms with Crippen LogP contribution in [0, 0.1) is 11.8 Å². The second-order valence-electron chi connectivity index (χ2n) is 7.88. The van der Waals surface area contributed by atoms with Crippen LogP contribution in [0.1, 0.15) is 48.5 Å². The van der Waals surface area contributed by atoms with E-state index in [1.807, 2.05) is 13.8 Å². The van der Waals surface area contributed by atoms with Gasteiger partial charge in [-0.1, -0.05) is 13.8 Å². The molecule has 2 unspecified atom stereocenters. The van der Waals surface area contributed by atoms with E-state index < -0.39 is 0 Å². The fourth-order valence-corrected chi connectivity index (χ4v) is 4.01. The SMILES string of the molecule is CCN1C=C(C(C)C)C(C(=O)OC(C)C)C(C)=C1C(C)N1CCOCC1. The van der Waals surface area contributed by atoms with Crippen molar-refractivity contribution in [3.8, 4) is 0 Å². The highest BCUT2D eigenvalue weighted by Crippen LogP contribution is 2.37. The van der Waals surface area contributed by atoms with Crippen molar-refractivity contribution < 1.29 is 14.3 Å². The zero-order valence-electron chi connectivity index (χ0n) is 17.5. The molecule has 0 amide bonds. The highest BCUT2D eigenvalue weighted by atomic mass is 16.5. The first-order valence-electron chi connectivity index (χ1n) is 9.99. The van der Waals surface area contributed by atoms with E-state index in [4.69, 9.17) is 9.47 Å². The summed E-state index contributed by atoms with van der Waals surface area (Å²) in [4.78, 5) is 17.7. The summed E-state index contributed by atoms with van der Waals surface area (Å²) in [6.07, 6.45) is 2.09. The van der Waals surface area contributed by atoms with Crippen molar-refractivity contribution >= 4 is 5.97 Å². The van der Waals surface area contributed by atoms with Gasteiger partial charge in [-0.25, -0.2) is 0 Å². The standard InChI is InChI=1S/C21H36N2O3/c1-8-22-13-18(14(2)3)19(21(24)26-15(4)5)16(6)20(22)17(7)23-9-11-25-12-10-23/h13-15,17,19H,8-12H2,1-7H3. The average Bonchev–Trinajstić information content (AvgIpc) is 2.60. The molecule has 2 aliphatic heterocycles. The zero-order chi connectivity index (χ0) is 19.4. The van der Waals surface area contributed by atoms with Crippen LogP contribution in [-0.4, -0.2) is 60.8 Å². The summed E-state index contributed by atoms with van der Waals surface area (Å²) in [5.41, 5.74) is 3.51. The van der Waals surface area contributed by atoms with E-state index in [0.29, 0.717) is 5.92 Å². The van der Waals surface area contributed by atoms with Crippen molar-refractivity contribution in [1.82, 2.24) is 9.80 Å². The molecule has 0 N–H and O–H groups in total. The van der Waals surface area contributed by atoms with Gasteiger partial charge in [0, 0.05) is 37.6 Å². The van der Waals surface area contributed by atoms with Crippen LogP contribution in [0.15, 0.2) is 23.0 Å². The molecule has 0 bridgehead atoms. The molecule has 5 nitrogen and oxygen atoms in total. The van der Waals surface area contributed by atoms with Crippen LogP contribution >= 0.6 is 0 Å². The molecule has 0 saturated carbocycles. The smallest absolute Gasteiger partial charge is 0.317 e. The molecule has 1 saturated heterocycles. The van der Waals surface area contributed by atoms with Crippen LogP contribution in [-0.2, 0) is 14.3 Å². The van der Waals surface area contributed by atoms with Crippen LogP contribution in [0.3, 0.4) is 0 Å². The van der Waals surface area contributed by atoms with E-state index in [9.17, 15) is 4.79 Å². The van der Waals surface area contributed by atoms with Crippen molar-refractivity contribution in [2.75, 3.05) is 32.8 Å². The molecular weight excluding hydrogens is 328 g/mol. The maximum atomic E-state index is 12.9. The maximum Gasteiger partial charge on any atom is 0.317 e. The predicted molar refractivity (Wildman–Crippen MR) is 105 cm³/mol. The largest absolute Gasteiger partial charge is 0.462 e. The van der Waals surface area contributed by atoms with Crippen molar-refractivity contribution in [2.24, 2.45) is 11.8 Å². The lowest BCUT2D eigenvalue weighted by atomic mass is 9.81. The summed E-state index contributed by atoms with van der Waals surface area (Å²) in [7, 11) is 0. The molecule has 2 aliphatic rings. The molecule has 1 fully saturated rings. The summed E-state index contributed by atoms with van der Waals surface area (Å²) in [5.74, 6) is -0.109. The number of ether oxygens (including phenoxy) is 2. The highest BCUT2D eigenvalue weighted by molar-refractivity contribution is 5.80. The van der Waals surface area contributed by atoms with Crippen LogP contribution in [0.25, 0.3) is 0 Å². The van der Waals surface area contributed by atoms with Crippen molar-refractivity contribution in [2.45, 2.75) is 60.6 Å². The molecule has 0 aromatic heterocycles. The number of carbonyl (C=O) groups is 1. The Balaban J connectivity index is 2.42. The van der Waals surface area contributed by atoms with Gasteiger partial charge in [0.15, 0.2) is 0 Å². The fraction of sp³-hybridized carbons (Fsp3) is 0.762. The minimum Gasteiger partial charge on any atom is -0.462 e. The topological polar surface area (TPSA) is 42.0 Å². The normalized spacial score (nSPS) is 23.5. The van der Waals surface area contributed by atoms with Crippen LogP contribution in [0.2, 0.25) is 0 Å².